The SMILES string of the molecule is Cc1nc(C(=O)N(C)C)ccc1C(=O)N1CCN(C(=O)c2ccc(C(F)(F)F)cc2)CC1. The molecule has 3 rings (SSSR count). The smallest absolute Gasteiger partial charge is 0.343 e. The van der Waals surface area contributed by atoms with E-state index in [-0.39, 0.29) is 55.2 Å². The van der Waals surface area contributed by atoms with Gasteiger partial charge in [0.1, 0.15) is 5.69 Å². The molecule has 170 valence electrons. The normalized spacial score (nSPS) is 14.3. The highest BCUT2D eigenvalue weighted by Crippen LogP contribution is 2.29. The van der Waals surface area contributed by atoms with Crippen molar-refractivity contribution in [1.29, 1.82) is 0 Å². The molecular weight excluding hydrogens is 425 g/mol. The average molecular weight is 448 g/mol. The minimum Gasteiger partial charge on any atom is -0.343 e. The van der Waals surface area contributed by atoms with E-state index in [1.807, 2.05) is 0 Å². The Balaban J connectivity index is 1.63. The Morgan fingerprint density at radius 3 is 1.88 bits per heavy atom. The maximum absolute atomic E-state index is 12.9. The van der Waals surface area contributed by atoms with E-state index in [1.54, 1.807) is 32.0 Å². The summed E-state index contributed by atoms with van der Waals surface area (Å²) in [5.41, 5.74) is 0.413. The number of halogens is 3. The number of piperazine rings is 1. The van der Waals surface area contributed by atoms with E-state index in [0.717, 1.165) is 24.3 Å². The first-order valence-electron chi connectivity index (χ1n) is 9.94. The van der Waals surface area contributed by atoms with E-state index in [1.165, 1.54) is 15.9 Å². The van der Waals surface area contributed by atoms with E-state index < -0.39 is 11.7 Å². The van der Waals surface area contributed by atoms with Gasteiger partial charge in [0.25, 0.3) is 17.7 Å². The third kappa shape index (κ3) is 4.90. The number of pyridine rings is 1. The summed E-state index contributed by atoms with van der Waals surface area (Å²) in [6.07, 6.45) is -4.46. The van der Waals surface area contributed by atoms with Crippen LogP contribution in [0.5, 0.6) is 0 Å². The molecule has 0 atom stereocenters. The van der Waals surface area contributed by atoms with Gasteiger partial charge in [0.2, 0.25) is 0 Å². The Morgan fingerprint density at radius 2 is 1.41 bits per heavy atom. The van der Waals surface area contributed by atoms with Crippen LogP contribution in [0.4, 0.5) is 13.2 Å². The Kier molecular flexibility index (Phi) is 6.52. The topological polar surface area (TPSA) is 73.8 Å². The highest BCUT2D eigenvalue weighted by Gasteiger charge is 2.31. The van der Waals surface area contributed by atoms with Crippen molar-refractivity contribution in [1.82, 2.24) is 19.7 Å². The second kappa shape index (κ2) is 8.97. The summed E-state index contributed by atoms with van der Waals surface area (Å²) >= 11 is 0. The van der Waals surface area contributed by atoms with Crippen molar-refractivity contribution in [3.8, 4) is 0 Å². The van der Waals surface area contributed by atoms with Crippen molar-refractivity contribution in [2.75, 3.05) is 40.3 Å². The van der Waals surface area contributed by atoms with Gasteiger partial charge in [-0.2, -0.15) is 13.2 Å². The third-order valence-electron chi connectivity index (χ3n) is 5.25. The summed E-state index contributed by atoms with van der Waals surface area (Å²) in [5, 5.41) is 0. The molecular formula is C22H23F3N4O3. The summed E-state index contributed by atoms with van der Waals surface area (Å²) in [5.74, 6) is -0.891. The van der Waals surface area contributed by atoms with Gasteiger partial charge in [-0.3, -0.25) is 14.4 Å². The molecule has 2 heterocycles. The Labute approximate surface area is 183 Å². The lowest BCUT2D eigenvalue weighted by molar-refractivity contribution is -0.137. The number of nitrogens with zero attached hydrogens (tertiary/aromatic N) is 4. The van der Waals surface area contributed by atoms with E-state index in [9.17, 15) is 27.6 Å². The summed E-state index contributed by atoms with van der Waals surface area (Å²) in [7, 11) is 3.23. The molecule has 0 radical (unpaired) electrons. The predicted molar refractivity (Wildman–Crippen MR) is 110 cm³/mol. The zero-order valence-electron chi connectivity index (χ0n) is 17.9. The highest BCUT2D eigenvalue weighted by molar-refractivity contribution is 5.98. The standard InChI is InChI=1S/C22H23F3N4O3/c1-14-17(8-9-18(26-14)21(32)27(2)3)20(31)29-12-10-28(11-13-29)19(30)15-4-6-16(7-5-15)22(23,24)25/h4-9H,10-13H2,1-3H3. The summed E-state index contributed by atoms with van der Waals surface area (Å²) in [4.78, 5) is 46.3. The van der Waals surface area contributed by atoms with Crippen molar-refractivity contribution in [3.05, 3.63) is 64.5 Å². The Bertz CT molecular complexity index is 1030. The number of rotatable bonds is 3. The number of carbonyl (C=O) groups is 3. The average Bonchev–Trinajstić information content (AvgIpc) is 2.77. The van der Waals surface area contributed by atoms with Crippen LogP contribution in [0.2, 0.25) is 0 Å². The molecule has 0 spiro atoms. The lowest BCUT2D eigenvalue weighted by Gasteiger charge is -2.35. The third-order valence-corrected chi connectivity index (χ3v) is 5.25. The minimum absolute atomic E-state index is 0.166. The largest absolute Gasteiger partial charge is 0.416 e. The number of amides is 3. The molecule has 0 unspecified atom stereocenters. The van der Waals surface area contributed by atoms with Gasteiger partial charge in [0, 0.05) is 45.8 Å². The zero-order valence-corrected chi connectivity index (χ0v) is 17.9. The minimum atomic E-state index is -4.46. The Hall–Kier alpha value is -3.43. The van der Waals surface area contributed by atoms with Crippen LogP contribution in [0, 0.1) is 6.92 Å². The quantitative estimate of drug-likeness (QED) is 0.724. The zero-order chi connectivity index (χ0) is 23.6. The maximum atomic E-state index is 12.9. The molecule has 1 aromatic heterocycles. The molecule has 7 nitrogen and oxygen atoms in total. The number of hydrogen-bond acceptors (Lipinski definition) is 4. The molecule has 32 heavy (non-hydrogen) atoms. The van der Waals surface area contributed by atoms with Crippen molar-refractivity contribution in [2.24, 2.45) is 0 Å². The van der Waals surface area contributed by atoms with Crippen molar-refractivity contribution < 1.29 is 27.6 Å². The van der Waals surface area contributed by atoms with Crippen LogP contribution >= 0.6 is 0 Å². The fraction of sp³-hybridized carbons (Fsp3) is 0.364. The predicted octanol–water partition coefficient (Wildman–Crippen LogP) is 2.71. The summed E-state index contributed by atoms with van der Waals surface area (Å²) < 4.78 is 38.1. The summed E-state index contributed by atoms with van der Waals surface area (Å²) in [6.45, 7) is 2.74. The second-order valence-corrected chi connectivity index (χ2v) is 7.69. The van der Waals surface area contributed by atoms with Crippen LogP contribution in [0.3, 0.4) is 0 Å². The second-order valence-electron chi connectivity index (χ2n) is 7.69. The van der Waals surface area contributed by atoms with Crippen molar-refractivity contribution >= 4 is 17.7 Å². The lowest BCUT2D eigenvalue weighted by atomic mass is 10.1. The van der Waals surface area contributed by atoms with Gasteiger partial charge in [0.05, 0.1) is 16.8 Å². The van der Waals surface area contributed by atoms with Gasteiger partial charge in [-0.15, -0.1) is 0 Å². The molecule has 0 N–H and O–H groups in total. The maximum Gasteiger partial charge on any atom is 0.416 e. The number of hydrogen-bond donors (Lipinski definition) is 0. The molecule has 0 bridgehead atoms. The molecule has 1 aliphatic heterocycles. The first-order valence-corrected chi connectivity index (χ1v) is 9.94. The molecule has 3 amide bonds. The van der Waals surface area contributed by atoms with E-state index in [0.29, 0.717) is 11.3 Å². The van der Waals surface area contributed by atoms with E-state index in [4.69, 9.17) is 0 Å². The van der Waals surface area contributed by atoms with Crippen LogP contribution in [0.25, 0.3) is 0 Å². The fourth-order valence-corrected chi connectivity index (χ4v) is 3.40. The molecule has 1 fully saturated rings. The molecule has 1 saturated heterocycles. The highest BCUT2D eigenvalue weighted by atomic mass is 19.4. The fourth-order valence-electron chi connectivity index (χ4n) is 3.40. The number of benzene rings is 1. The van der Waals surface area contributed by atoms with Crippen LogP contribution in [-0.4, -0.2) is 77.7 Å². The van der Waals surface area contributed by atoms with E-state index in [2.05, 4.69) is 4.98 Å². The molecule has 10 heteroatoms. The first-order chi connectivity index (χ1) is 15.0. The van der Waals surface area contributed by atoms with Gasteiger partial charge >= 0.3 is 6.18 Å². The van der Waals surface area contributed by atoms with Gasteiger partial charge in [-0.25, -0.2) is 4.98 Å². The van der Waals surface area contributed by atoms with E-state index >= 15 is 0 Å². The summed E-state index contributed by atoms with van der Waals surface area (Å²) in [6, 6.07) is 7.16. The monoisotopic (exact) mass is 448 g/mol. The van der Waals surface area contributed by atoms with Crippen molar-refractivity contribution in [2.45, 2.75) is 13.1 Å². The number of aromatic nitrogens is 1. The molecule has 0 aliphatic carbocycles. The van der Waals surface area contributed by atoms with Gasteiger partial charge in [-0.1, -0.05) is 0 Å². The van der Waals surface area contributed by atoms with Gasteiger partial charge in [-0.05, 0) is 43.3 Å². The van der Waals surface area contributed by atoms with Crippen molar-refractivity contribution in [3.63, 3.8) is 0 Å². The van der Waals surface area contributed by atoms with Gasteiger partial charge < -0.3 is 14.7 Å². The molecule has 0 saturated carbocycles. The van der Waals surface area contributed by atoms with Crippen LogP contribution in [0.15, 0.2) is 36.4 Å². The number of alkyl halides is 3. The molecule has 2 aromatic rings. The van der Waals surface area contributed by atoms with Crippen LogP contribution in [-0.2, 0) is 6.18 Å². The number of aryl methyl sites for hydroxylation is 1. The van der Waals surface area contributed by atoms with Crippen LogP contribution in [0.1, 0.15) is 42.5 Å². The molecule has 1 aliphatic rings. The van der Waals surface area contributed by atoms with Gasteiger partial charge in [0.15, 0.2) is 0 Å². The lowest BCUT2D eigenvalue weighted by Crippen LogP contribution is -2.50. The Morgan fingerprint density at radius 1 is 0.875 bits per heavy atom. The first kappa shape index (κ1) is 23.2. The number of carbonyl (C=O) groups excluding carboxylic acids is 3. The molecule has 1 aromatic carbocycles. The van der Waals surface area contributed by atoms with Crippen LogP contribution < -0.4 is 0 Å².